The zero-order valence-electron chi connectivity index (χ0n) is 13.7. The van der Waals surface area contributed by atoms with E-state index in [-0.39, 0.29) is 18.6 Å². The molecule has 0 radical (unpaired) electrons. The molecule has 126 valence electrons. The number of nitrogens with two attached hydrogens (primary N) is 1. The molecule has 2 aromatic rings. The van der Waals surface area contributed by atoms with Gasteiger partial charge in [-0.05, 0) is 49.7 Å². The van der Waals surface area contributed by atoms with Crippen LogP contribution in [-0.4, -0.2) is 25.1 Å². The van der Waals surface area contributed by atoms with E-state index in [0.717, 1.165) is 17.0 Å². The second-order valence-electron chi connectivity index (χ2n) is 6.05. The lowest BCUT2D eigenvalue weighted by molar-refractivity contribution is -0.115. The normalized spacial score (nSPS) is 16.3. The molecule has 1 aliphatic rings. The van der Waals surface area contributed by atoms with Crippen molar-refractivity contribution in [2.24, 2.45) is 0 Å². The number of amides is 1. The first kappa shape index (κ1) is 16.5. The Morgan fingerprint density at radius 2 is 2.17 bits per heavy atom. The lowest BCUT2D eigenvalue weighted by Gasteiger charge is -2.34. The molecule has 5 nitrogen and oxygen atoms in total. The van der Waals surface area contributed by atoms with Crippen LogP contribution in [0.15, 0.2) is 36.4 Å². The average molecular weight is 346 g/mol. The summed E-state index contributed by atoms with van der Waals surface area (Å²) in [5.41, 5.74) is 9.00. The summed E-state index contributed by atoms with van der Waals surface area (Å²) in [4.78, 5) is 14.4. The summed E-state index contributed by atoms with van der Waals surface area (Å²) in [6.07, 6.45) is 0.00254. The van der Waals surface area contributed by atoms with Crippen molar-refractivity contribution < 1.29 is 9.53 Å². The monoisotopic (exact) mass is 345 g/mol. The van der Waals surface area contributed by atoms with Crippen LogP contribution < -0.4 is 20.7 Å². The van der Waals surface area contributed by atoms with Gasteiger partial charge in [-0.1, -0.05) is 17.7 Å². The van der Waals surface area contributed by atoms with E-state index in [1.54, 1.807) is 12.1 Å². The number of nitrogen functional groups attached to an aromatic ring is 1. The molecule has 0 spiro atoms. The standard InChI is InChI=1S/C18H20ClN3O2/c1-11-3-5-14(8-15(11)19)21-18(23)10-22-9-12(2)24-17-6-4-13(20)7-16(17)22/h3-8,12H,9-10,20H2,1-2H3,(H,21,23). The number of rotatable bonds is 3. The van der Waals surface area contributed by atoms with Gasteiger partial charge in [0.15, 0.2) is 0 Å². The molecular formula is C18H20ClN3O2. The smallest absolute Gasteiger partial charge is 0.243 e. The number of fused-ring (bicyclic) bond motifs is 1. The number of nitrogens with zero attached hydrogens (tertiary/aromatic N) is 1. The highest BCUT2D eigenvalue weighted by atomic mass is 35.5. The third kappa shape index (κ3) is 3.57. The summed E-state index contributed by atoms with van der Waals surface area (Å²) in [6, 6.07) is 10.9. The molecule has 1 atom stereocenters. The van der Waals surface area contributed by atoms with Crippen molar-refractivity contribution in [2.45, 2.75) is 20.0 Å². The van der Waals surface area contributed by atoms with Crippen LogP contribution in [-0.2, 0) is 4.79 Å². The summed E-state index contributed by atoms with van der Waals surface area (Å²) in [5.74, 6) is 0.631. The molecule has 0 fully saturated rings. The number of nitrogens with one attached hydrogen (secondary N) is 1. The highest BCUT2D eigenvalue weighted by Crippen LogP contribution is 2.34. The van der Waals surface area contributed by atoms with E-state index in [1.807, 2.05) is 43.0 Å². The predicted octanol–water partition coefficient (Wildman–Crippen LogP) is 3.46. The number of halogens is 1. The Morgan fingerprint density at radius 3 is 2.92 bits per heavy atom. The molecule has 0 saturated heterocycles. The third-order valence-electron chi connectivity index (χ3n) is 3.92. The van der Waals surface area contributed by atoms with Crippen molar-refractivity contribution in [1.29, 1.82) is 0 Å². The minimum absolute atomic E-state index is 0.00254. The first-order valence-corrected chi connectivity index (χ1v) is 8.17. The van der Waals surface area contributed by atoms with Gasteiger partial charge in [-0.3, -0.25) is 4.79 Å². The van der Waals surface area contributed by atoms with Crippen LogP contribution in [0.5, 0.6) is 5.75 Å². The molecule has 0 aromatic heterocycles. The van der Waals surface area contributed by atoms with Gasteiger partial charge in [0.25, 0.3) is 0 Å². The number of anilines is 3. The largest absolute Gasteiger partial charge is 0.487 e. The SMILES string of the molecule is Cc1ccc(NC(=O)CN2CC(C)Oc3ccc(N)cc32)cc1Cl. The zero-order chi connectivity index (χ0) is 17.3. The Kier molecular flexibility index (Phi) is 4.53. The number of hydrogen-bond acceptors (Lipinski definition) is 4. The van der Waals surface area contributed by atoms with E-state index >= 15 is 0 Å². The fraction of sp³-hybridized carbons (Fsp3) is 0.278. The molecule has 6 heteroatoms. The molecule has 1 aliphatic heterocycles. The summed E-state index contributed by atoms with van der Waals surface area (Å²) >= 11 is 6.10. The Hall–Kier alpha value is -2.40. The molecule has 1 amide bonds. The van der Waals surface area contributed by atoms with Gasteiger partial charge in [-0.15, -0.1) is 0 Å². The highest BCUT2D eigenvalue weighted by Gasteiger charge is 2.24. The maximum absolute atomic E-state index is 12.4. The van der Waals surface area contributed by atoms with E-state index in [0.29, 0.717) is 22.9 Å². The maximum atomic E-state index is 12.4. The van der Waals surface area contributed by atoms with E-state index in [9.17, 15) is 4.79 Å². The fourth-order valence-corrected chi connectivity index (χ4v) is 2.92. The van der Waals surface area contributed by atoms with E-state index in [2.05, 4.69) is 5.32 Å². The molecule has 3 N–H and O–H groups in total. The predicted molar refractivity (Wildman–Crippen MR) is 98.0 cm³/mol. The van der Waals surface area contributed by atoms with E-state index < -0.39 is 0 Å². The van der Waals surface area contributed by atoms with Crippen molar-refractivity contribution >= 4 is 34.6 Å². The second-order valence-corrected chi connectivity index (χ2v) is 6.46. The van der Waals surface area contributed by atoms with Crippen molar-refractivity contribution in [3.05, 3.63) is 47.0 Å². The van der Waals surface area contributed by atoms with Gasteiger partial charge in [-0.2, -0.15) is 0 Å². The maximum Gasteiger partial charge on any atom is 0.243 e. The van der Waals surface area contributed by atoms with Gasteiger partial charge in [0.2, 0.25) is 5.91 Å². The van der Waals surface area contributed by atoms with Crippen LogP contribution in [0.1, 0.15) is 12.5 Å². The topological polar surface area (TPSA) is 67.6 Å². The van der Waals surface area contributed by atoms with Crippen LogP contribution >= 0.6 is 11.6 Å². The number of carbonyl (C=O) groups excluding carboxylic acids is 1. The minimum atomic E-state index is -0.114. The van der Waals surface area contributed by atoms with Crippen LogP contribution in [0.2, 0.25) is 5.02 Å². The third-order valence-corrected chi connectivity index (χ3v) is 4.33. The van der Waals surface area contributed by atoms with Gasteiger partial charge in [-0.25, -0.2) is 0 Å². The summed E-state index contributed by atoms with van der Waals surface area (Å²) in [7, 11) is 0. The van der Waals surface area contributed by atoms with Crippen molar-refractivity contribution in [3.63, 3.8) is 0 Å². The number of benzene rings is 2. The molecule has 0 aliphatic carbocycles. The lowest BCUT2D eigenvalue weighted by atomic mass is 10.1. The lowest BCUT2D eigenvalue weighted by Crippen LogP contribution is -2.42. The Labute approximate surface area is 146 Å². The first-order chi connectivity index (χ1) is 11.4. The fourth-order valence-electron chi connectivity index (χ4n) is 2.74. The number of hydrogen-bond donors (Lipinski definition) is 2. The van der Waals surface area contributed by atoms with Crippen LogP contribution in [0.4, 0.5) is 17.1 Å². The van der Waals surface area contributed by atoms with E-state index in [1.165, 1.54) is 0 Å². The zero-order valence-corrected chi connectivity index (χ0v) is 14.4. The molecule has 1 heterocycles. The molecule has 0 saturated carbocycles. The Bertz CT molecular complexity index is 779. The van der Waals surface area contributed by atoms with Crippen molar-refractivity contribution in [1.82, 2.24) is 0 Å². The van der Waals surface area contributed by atoms with Crippen molar-refractivity contribution in [2.75, 3.05) is 29.0 Å². The molecular weight excluding hydrogens is 326 g/mol. The molecule has 3 rings (SSSR count). The Balaban J connectivity index is 1.74. The van der Waals surface area contributed by atoms with Gasteiger partial charge in [0.1, 0.15) is 11.9 Å². The molecule has 2 aromatic carbocycles. The average Bonchev–Trinajstić information content (AvgIpc) is 2.51. The minimum Gasteiger partial charge on any atom is -0.487 e. The quantitative estimate of drug-likeness (QED) is 0.836. The second kappa shape index (κ2) is 6.61. The van der Waals surface area contributed by atoms with Crippen LogP contribution in [0.3, 0.4) is 0 Å². The van der Waals surface area contributed by atoms with Crippen molar-refractivity contribution in [3.8, 4) is 5.75 Å². The molecule has 24 heavy (non-hydrogen) atoms. The molecule has 1 unspecified atom stereocenters. The summed E-state index contributed by atoms with van der Waals surface area (Å²) < 4.78 is 5.80. The van der Waals surface area contributed by atoms with Gasteiger partial charge >= 0.3 is 0 Å². The number of ether oxygens (including phenoxy) is 1. The highest BCUT2D eigenvalue weighted by molar-refractivity contribution is 6.31. The molecule has 0 bridgehead atoms. The van der Waals surface area contributed by atoms with E-state index in [4.69, 9.17) is 22.1 Å². The van der Waals surface area contributed by atoms with Crippen LogP contribution in [0.25, 0.3) is 0 Å². The number of carbonyl (C=O) groups is 1. The Morgan fingerprint density at radius 1 is 1.38 bits per heavy atom. The summed E-state index contributed by atoms with van der Waals surface area (Å²) in [6.45, 7) is 4.74. The number of aryl methyl sites for hydroxylation is 1. The van der Waals surface area contributed by atoms with Gasteiger partial charge in [0, 0.05) is 16.4 Å². The van der Waals surface area contributed by atoms with Crippen LogP contribution in [0, 0.1) is 6.92 Å². The summed E-state index contributed by atoms with van der Waals surface area (Å²) in [5, 5.41) is 3.51. The van der Waals surface area contributed by atoms with Gasteiger partial charge < -0.3 is 20.7 Å². The van der Waals surface area contributed by atoms with Gasteiger partial charge in [0.05, 0.1) is 18.8 Å². The first-order valence-electron chi connectivity index (χ1n) is 7.79.